The number of oxazole rings is 1. The lowest BCUT2D eigenvalue weighted by atomic mass is 9.92. The molecule has 0 saturated heterocycles. The Hall–Kier alpha value is -1.50. The maximum absolute atomic E-state index is 12.3. The van der Waals surface area contributed by atoms with Crippen molar-refractivity contribution >= 4 is 30.7 Å². The summed E-state index contributed by atoms with van der Waals surface area (Å²) in [5.41, 5.74) is 6.07. The Bertz CT molecular complexity index is 614. The molecule has 0 unspecified atom stereocenters. The second-order valence-corrected chi connectivity index (χ2v) is 5.42. The second kappa shape index (κ2) is 9.71. The van der Waals surface area contributed by atoms with E-state index in [0.717, 1.165) is 12.8 Å². The smallest absolute Gasteiger partial charge is 0.263 e. The van der Waals surface area contributed by atoms with Crippen LogP contribution in [0.25, 0.3) is 11.7 Å². The summed E-state index contributed by atoms with van der Waals surface area (Å²) in [6.07, 6.45) is 3.31. The zero-order valence-electron chi connectivity index (χ0n) is 14.1. The third kappa shape index (κ3) is 5.00. The molecule has 24 heavy (non-hydrogen) atoms. The third-order valence-electron chi connectivity index (χ3n) is 4.10. The van der Waals surface area contributed by atoms with E-state index in [9.17, 15) is 4.79 Å². The van der Waals surface area contributed by atoms with Crippen LogP contribution >= 0.6 is 24.8 Å². The molecular weight excluding hydrogens is 353 g/mol. The monoisotopic (exact) mass is 377 g/mol. The Morgan fingerprint density at radius 1 is 1.33 bits per heavy atom. The van der Waals surface area contributed by atoms with Crippen molar-refractivity contribution in [2.75, 3.05) is 6.54 Å². The molecule has 0 saturated carbocycles. The molecule has 0 aliphatic rings. The zero-order chi connectivity index (χ0) is 16.2. The highest BCUT2D eigenvalue weighted by Gasteiger charge is 2.27. The predicted molar refractivity (Wildman–Crippen MR) is 97.7 cm³/mol. The Labute approximate surface area is 154 Å². The van der Waals surface area contributed by atoms with Gasteiger partial charge in [0.25, 0.3) is 5.89 Å². The highest BCUT2D eigenvalue weighted by Crippen LogP contribution is 2.22. The molecule has 0 aliphatic carbocycles. The minimum Gasteiger partial charge on any atom is -0.459 e. The molecule has 0 aliphatic heterocycles. The average molecular weight is 378 g/mol. The molecule has 6 nitrogen and oxygen atoms in total. The third-order valence-corrected chi connectivity index (χ3v) is 4.10. The molecule has 2 aromatic rings. The van der Waals surface area contributed by atoms with Crippen LogP contribution in [-0.4, -0.2) is 23.0 Å². The highest BCUT2D eigenvalue weighted by atomic mass is 35.5. The SMILES string of the molecule is CCC(CC)(CN)NC(=O)Cc1nc(-c2ccco2)oc1C.Cl.Cl. The largest absolute Gasteiger partial charge is 0.459 e. The molecule has 3 N–H and O–H groups in total. The van der Waals surface area contributed by atoms with Crippen molar-refractivity contribution in [3.05, 3.63) is 29.9 Å². The number of hydrogen-bond acceptors (Lipinski definition) is 5. The molecule has 2 heterocycles. The highest BCUT2D eigenvalue weighted by molar-refractivity contribution is 5.85. The first-order valence-corrected chi connectivity index (χ1v) is 7.54. The summed E-state index contributed by atoms with van der Waals surface area (Å²) < 4.78 is 10.8. The van der Waals surface area contributed by atoms with Crippen molar-refractivity contribution in [1.82, 2.24) is 10.3 Å². The number of nitrogens with one attached hydrogen (secondary N) is 1. The number of rotatable bonds is 7. The van der Waals surface area contributed by atoms with E-state index >= 15 is 0 Å². The van der Waals surface area contributed by atoms with Gasteiger partial charge in [-0.2, -0.15) is 0 Å². The second-order valence-electron chi connectivity index (χ2n) is 5.42. The van der Waals surface area contributed by atoms with Crippen LogP contribution in [0.15, 0.2) is 27.2 Å². The number of furan rings is 1. The summed E-state index contributed by atoms with van der Waals surface area (Å²) in [4.78, 5) is 16.6. The predicted octanol–water partition coefficient (Wildman–Crippen LogP) is 3.26. The molecule has 0 aromatic carbocycles. The molecule has 0 spiro atoms. The van der Waals surface area contributed by atoms with Gasteiger partial charge in [0.05, 0.1) is 23.9 Å². The number of carbonyl (C=O) groups is 1. The number of carbonyl (C=O) groups excluding carboxylic acids is 1. The maximum Gasteiger partial charge on any atom is 0.263 e. The molecule has 136 valence electrons. The number of nitrogens with two attached hydrogens (primary N) is 1. The van der Waals surface area contributed by atoms with E-state index in [4.69, 9.17) is 14.6 Å². The van der Waals surface area contributed by atoms with E-state index in [-0.39, 0.29) is 42.7 Å². The summed E-state index contributed by atoms with van der Waals surface area (Å²) in [6.45, 7) is 6.25. The van der Waals surface area contributed by atoms with Crippen molar-refractivity contribution < 1.29 is 13.6 Å². The summed E-state index contributed by atoms with van der Waals surface area (Å²) in [6, 6.07) is 3.53. The Balaban J connectivity index is 0.00000264. The van der Waals surface area contributed by atoms with Crippen molar-refractivity contribution in [1.29, 1.82) is 0 Å². The average Bonchev–Trinajstić information content (AvgIpc) is 3.15. The quantitative estimate of drug-likeness (QED) is 0.771. The number of nitrogens with zero attached hydrogens (tertiary/aromatic N) is 1. The van der Waals surface area contributed by atoms with E-state index in [1.807, 2.05) is 13.8 Å². The van der Waals surface area contributed by atoms with E-state index < -0.39 is 0 Å². The van der Waals surface area contributed by atoms with Gasteiger partial charge in [-0.1, -0.05) is 13.8 Å². The van der Waals surface area contributed by atoms with E-state index in [1.165, 1.54) is 0 Å². The molecule has 0 bridgehead atoms. The van der Waals surface area contributed by atoms with Crippen LogP contribution in [0.3, 0.4) is 0 Å². The van der Waals surface area contributed by atoms with Gasteiger partial charge in [0.15, 0.2) is 5.76 Å². The minimum atomic E-state index is -0.349. The van der Waals surface area contributed by atoms with E-state index in [2.05, 4.69) is 10.3 Å². The van der Waals surface area contributed by atoms with Crippen LogP contribution in [0.1, 0.15) is 38.1 Å². The molecule has 2 aromatic heterocycles. The van der Waals surface area contributed by atoms with Crippen molar-refractivity contribution in [2.24, 2.45) is 5.73 Å². The van der Waals surface area contributed by atoms with Crippen LogP contribution in [0, 0.1) is 6.92 Å². The lowest BCUT2D eigenvalue weighted by Gasteiger charge is -2.31. The fourth-order valence-corrected chi connectivity index (χ4v) is 2.36. The number of aryl methyl sites for hydroxylation is 1. The van der Waals surface area contributed by atoms with Gasteiger partial charge in [0, 0.05) is 6.54 Å². The number of aromatic nitrogens is 1. The standard InChI is InChI=1S/C16H23N3O3.2ClH/c1-4-16(5-2,10-17)19-14(20)9-12-11(3)22-15(18-12)13-7-6-8-21-13;;/h6-8H,4-5,9-10,17H2,1-3H3,(H,19,20);2*1H. The molecule has 0 radical (unpaired) electrons. The van der Waals surface area contributed by atoms with Crippen LogP contribution in [-0.2, 0) is 11.2 Å². The normalized spacial score (nSPS) is 10.7. The Kier molecular flexibility index (Phi) is 9.11. The van der Waals surface area contributed by atoms with Gasteiger partial charge < -0.3 is 19.9 Å². The van der Waals surface area contributed by atoms with Gasteiger partial charge in [-0.3, -0.25) is 4.79 Å². The summed E-state index contributed by atoms with van der Waals surface area (Å²) >= 11 is 0. The van der Waals surface area contributed by atoms with Gasteiger partial charge >= 0.3 is 0 Å². The van der Waals surface area contributed by atoms with Crippen LogP contribution in [0.5, 0.6) is 0 Å². The van der Waals surface area contributed by atoms with Gasteiger partial charge in [-0.05, 0) is 31.9 Å². The molecular formula is C16H25Cl2N3O3. The van der Waals surface area contributed by atoms with Crippen molar-refractivity contribution in [2.45, 2.75) is 45.6 Å². The van der Waals surface area contributed by atoms with Crippen LogP contribution in [0.2, 0.25) is 0 Å². The van der Waals surface area contributed by atoms with Crippen molar-refractivity contribution in [3.63, 3.8) is 0 Å². The zero-order valence-corrected chi connectivity index (χ0v) is 15.8. The lowest BCUT2D eigenvalue weighted by molar-refractivity contribution is -0.122. The van der Waals surface area contributed by atoms with Crippen molar-refractivity contribution in [3.8, 4) is 11.7 Å². The molecule has 0 atom stereocenters. The fourth-order valence-electron chi connectivity index (χ4n) is 2.36. The first kappa shape index (κ1) is 22.5. The van der Waals surface area contributed by atoms with Crippen LogP contribution in [0.4, 0.5) is 0 Å². The molecule has 1 amide bonds. The van der Waals surface area contributed by atoms with E-state index in [1.54, 1.807) is 25.3 Å². The Morgan fingerprint density at radius 3 is 2.50 bits per heavy atom. The number of halogens is 2. The fraction of sp³-hybridized carbons (Fsp3) is 0.500. The first-order chi connectivity index (χ1) is 10.5. The van der Waals surface area contributed by atoms with Gasteiger partial charge in [0.1, 0.15) is 5.76 Å². The molecule has 8 heteroatoms. The lowest BCUT2D eigenvalue weighted by Crippen LogP contribution is -2.53. The van der Waals surface area contributed by atoms with Gasteiger partial charge in [-0.15, -0.1) is 24.8 Å². The Morgan fingerprint density at radius 2 is 2.00 bits per heavy atom. The summed E-state index contributed by atoms with van der Waals surface area (Å²) in [5.74, 6) is 1.46. The topological polar surface area (TPSA) is 94.3 Å². The van der Waals surface area contributed by atoms with Gasteiger partial charge in [0.2, 0.25) is 5.91 Å². The van der Waals surface area contributed by atoms with E-state index in [0.29, 0.717) is 29.6 Å². The summed E-state index contributed by atoms with van der Waals surface area (Å²) in [7, 11) is 0. The minimum absolute atomic E-state index is 0. The maximum atomic E-state index is 12.3. The van der Waals surface area contributed by atoms with Gasteiger partial charge in [-0.25, -0.2) is 4.98 Å². The number of amides is 1. The van der Waals surface area contributed by atoms with Crippen LogP contribution < -0.4 is 11.1 Å². The first-order valence-electron chi connectivity index (χ1n) is 7.54. The molecule has 2 rings (SSSR count). The number of hydrogen-bond donors (Lipinski definition) is 2. The molecule has 0 fully saturated rings. The summed E-state index contributed by atoms with van der Waals surface area (Å²) in [5, 5.41) is 3.03.